The Bertz CT molecular complexity index is 745. The molecule has 2 fully saturated rings. The maximum absolute atomic E-state index is 5.96. The number of hydrogen-bond acceptors (Lipinski definition) is 8. The zero-order valence-electron chi connectivity index (χ0n) is 15.6. The number of piperidine rings is 1. The predicted molar refractivity (Wildman–Crippen MR) is 101 cm³/mol. The van der Waals surface area contributed by atoms with E-state index in [4.69, 9.17) is 20.2 Å². The van der Waals surface area contributed by atoms with E-state index >= 15 is 0 Å². The van der Waals surface area contributed by atoms with Crippen molar-refractivity contribution in [2.24, 2.45) is 5.73 Å². The van der Waals surface area contributed by atoms with Gasteiger partial charge in [-0.05, 0) is 18.9 Å². The first-order valence-corrected chi connectivity index (χ1v) is 9.52. The van der Waals surface area contributed by atoms with Crippen LogP contribution in [0.5, 0.6) is 6.01 Å². The second-order valence-electron chi connectivity index (χ2n) is 7.26. The van der Waals surface area contributed by atoms with Crippen LogP contribution in [0, 0.1) is 0 Å². The highest BCUT2D eigenvalue weighted by atomic mass is 16.5. The summed E-state index contributed by atoms with van der Waals surface area (Å²) in [7, 11) is 1.67. The smallest absolute Gasteiger partial charge is 0.316 e. The highest BCUT2D eigenvalue weighted by Gasteiger charge is 2.30. The SMILES string of the molecule is COCc1nc(C2CC(N)C2)cc(N2CCC(Oc3ncccn3)CC2)n1. The van der Waals surface area contributed by atoms with E-state index in [0.29, 0.717) is 24.6 Å². The number of hydrogen-bond donors (Lipinski definition) is 1. The Morgan fingerprint density at radius 2 is 1.89 bits per heavy atom. The molecule has 1 aliphatic carbocycles. The van der Waals surface area contributed by atoms with Crippen molar-refractivity contribution in [3.05, 3.63) is 36.0 Å². The van der Waals surface area contributed by atoms with Crippen LogP contribution in [0.1, 0.15) is 43.1 Å². The third kappa shape index (κ3) is 4.33. The lowest BCUT2D eigenvalue weighted by atomic mass is 9.78. The van der Waals surface area contributed by atoms with E-state index in [-0.39, 0.29) is 6.10 Å². The van der Waals surface area contributed by atoms with Gasteiger partial charge in [0.2, 0.25) is 0 Å². The van der Waals surface area contributed by atoms with Crippen molar-refractivity contribution in [3.63, 3.8) is 0 Å². The number of anilines is 1. The topological polar surface area (TPSA) is 99.3 Å². The van der Waals surface area contributed by atoms with E-state index in [1.807, 2.05) is 0 Å². The fourth-order valence-corrected chi connectivity index (χ4v) is 3.67. The molecule has 1 saturated heterocycles. The number of nitrogens with zero attached hydrogens (tertiary/aromatic N) is 5. The van der Waals surface area contributed by atoms with Crippen LogP contribution in [0.4, 0.5) is 5.82 Å². The molecular formula is C19H26N6O2. The van der Waals surface area contributed by atoms with Gasteiger partial charge in [0.05, 0.1) is 0 Å². The van der Waals surface area contributed by atoms with E-state index in [2.05, 4.69) is 25.9 Å². The van der Waals surface area contributed by atoms with Crippen molar-refractivity contribution in [1.82, 2.24) is 19.9 Å². The zero-order chi connectivity index (χ0) is 18.6. The van der Waals surface area contributed by atoms with Crippen molar-refractivity contribution in [1.29, 1.82) is 0 Å². The Morgan fingerprint density at radius 1 is 1.15 bits per heavy atom. The van der Waals surface area contributed by atoms with Gasteiger partial charge in [0, 0.05) is 69.2 Å². The average Bonchev–Trinajstić information content (AvgIpc) is 2.67. The second-order valence-corrected chi connectivity index (χ2v) is 7.26. The van der Waals surface area contributed by atoms with Gasteiger partial charge in [-0.1, -0.05) is 0 Å². The van der Waals surface area contributed by atoms with E-state index in [0.717, 1.165) is 56.1 Å². The molecule has 0 bridgehead atoms. The molecule has 2 N–H and O–H groups in total. The van der Waals surface area contributed by atoms with Crippen molar-refractivity contribution in [3.8, 4) is 6.01 Å². The first-order chi connectivity index (χ1) is 13.2. The van der Waals surface area contributed by atoms with Gasteiger partial charge in [-0.15, -0.1) is 0 Å². The molecule has 1 aliphatic heterocycles. The third-order valence-electron chi connectivity index (χ3n) is 5.23. The third-order valence-corrected chi connectivity index (χ3v) is 5.23. The molecule has 0 radical (unpaired) electrons. The minimum atomic E-state index is 0.132. The molecule has 27 heavy (non-hydrogen) atoms. The van der Waals surface area contributed by atoms with Crippen LogP contribution < -0.4 is 15.4 Å². The van der Waals surface area contributed by atoms with Gasteiger partial charge in [-0.2, -0.15) is 0 Å². The number of rotatable bonds is 6. The van der Waals surface area contributed by atoms with E-state index in [9.17, 15) is 0 Å². The molecule has 2 aromatic heterocycles. The van der Waals surface area contributed by atoms with Crippen molar-refractivity contribution < 1.29 is 9.47 Å². The molecular weight excluding hydrogens is 344 g/mol. The molecule has 0 unspecified atom stereocenters. The Kier molecular flexibility index (Phi) is 5.45. The molecule has 2 aliphatic rings. The van der Waals surface area contributed by atoms with Gasteiger partial charge in [0.25, 0.3) is 0 Å². The quantitative estimate of drug-likeness (QED) is 0.820. The first kappa shape index (κ1) is 18.1. The van der Waals surface area contributed by atoms with Gasteiger partial charge >= 0.3 is 6.01 Å². The summed E-state index contributed by atoms with van der Waals surface area (Å²) in [6.07, 6.45) is 7.34. The molecule has 8 nitrogen and oxygen atoms in total. The number of methoxy groups -OCH3 is 1. The summed E-state index contributed by atoms with van der Waals surface area (Å²) >= 11 is 0. The lowest BCUT2D eigenvalue weighted by molar-refractivity contribution is 0.156. The highest BCUT2D eigenvalue weighted by molar-refractivity contribution is 5.41. The summed E-state index contributed by atoms with van der Waals surface area (Å²) in [5.41, 5.74) is 7.05. The molecule has 3 heterocycles. The number of aromatic nitrogens is 4. The number of nitrogens with two attached hydrogens (primary N) is 1. The Morgan fingerprint density at radius 3 is 2.56 bits per heavy atom. The van der Waals surface area contributed by atoms with E-state index < -0.39 is 0 Å². The van der Waals surface area contributed by atoms with Gasteiger partial charge in [-0.25, -0.2) is 19.9 Å². The Hall–Kier alpha value is -2.32. The van der Waals surface area contributed by atoms with Crippen molar-refractivity contribution >= 4 is 5.82 Å². The van der Waals surface area contributed by atoms with Crippen LogP contribution in [-0.2, 0) is 11.3 Å². The molecule has 2 aromatic rings. The summed E-state index contributed by atoms with van der Waals surface area (Å²) < 4.78 is 11.1. The average molecular weight is 370 g/mol. The summed E-state index contributed by atoms with van der Waals surface area (Å²) in [4.78, 5) is 20.0. The Balaban J connectivity index is 1.42. The fourth-order valence-electron chi connectivity index (χ4n) is 3.67. The molecule has 4 rings (SSSR count). The molecule has 0 amide bonds. The van der Waals surface area contributed by atoms with Crippen molar-refractivity contribution in [2.75, 3.05) is 25.1 Å². The fraction of sp³-hybridized carbons (Fsp3) is 0.579. The van der Waals surface area contributed by atoms with Gasteiger partial charge in [0.1, 0.15) is 18.5 Å². The van der Waals surface area contributed by atoms with Crippen LogP contribution in [0.2, 0.25) is 0 Å². The monoisotopic (exact) mass is 370 g/mol. The summed E-state index contributed by atoms with van der Waals surface area (Å²) in [5.74, 6) is 2.15. The minimum Gasteiger partial charge on any atom is -0.460 e. The molecule has 8 heteroatoms. The molecule has 0 aromatic carbocycles. The molecule has 0 atom stereocenters. The van der Waals surface area contributed by atoms with Crippen LogP contribution >= 0.6 is 0 Å². The van der Waals surface area contributed by atoms with Gasteiger partial charge in [-0.3, -0.25) is 0 Å². The maximum atomic E-state index is 5.96. The standard InChI is InChI=1S/C19H26N6O2/c1-26-12-17-23-16(13-9-14(20)10-13)11-18(24-17)25-7-3-15(4-8-25)27-19-21-5-2-6-22-19/h2,5-6,11,13-15H,3-4,7-10,12,20H2,1H3. The summed E-state index contributed by atoms with van der Waals surface area (Å²) in [6.45, 7) is 2.18. The Labute approximate surface area is 159 Å². The largest absolute Gasteiger partial charge is 0.460 e. The van der Waals surface area contributed by atoms with E-state index in [1.165, 1.54) is 0 Å². The lowest BCUT2D eigenvalue weighted by Crippen LogP contribution is -2.39. The molecule has 0 spiro atoms. The van der Waals surface area contributed by atoms with Crippen LogP contribution in [0.3, 0.4) is 0 Å². The van der Waals surface area contributed by atoms with Crippen molar-refractivity contribution in [2.45, 2.75) is 50.4 Å². The predicted octanol–water partition coefficient (Wildman–Crippen LogP) is 1.67. The van der Waals surface area contributed by atoms with Crippen LogP contribution in [0.25, 0.3) is 0 Å². The molecule has 1 saturated carbocycles. The maximum Gasteiger partial charge on any atom is 0.316 e. The van der Waals surface area contributed by atoms with Gasteiger partial charge < -0.3 is 20.1 Å². The summed E-state index contributed by atoms with van der Waals surface area (Å²) in [6, 6.07) is 4.66. The van der Waals surface area contributed by atoms with E-state index in [1.54, 1.807) is 25.6 Å². The van der Waals surface area contributed by atoms with Gasteiger partial charge in [0.15, 0.2) is 5.82 Å². The second kappa shape index (κ2) is 8.14. The lowest BCUT2D eigenvalue weighted by Gasteiger charge is -2.35. The highest BCUT2D eigenvalue weighted by Crippen LogP contribution is 2.36. The number of ether oxygens (including phenoxy) is 2. The summed E-state index contributed by atoms with van der Waals surface area (Å²) in [5, 5.41) is 0. The van der Waals surface area contributed by atoms with Crippen LogP contribution in [-0.4, -0.2) is 52.3 Å². The minimum absolute atomic E-state index is 0.132. The zero-order valence-corrected chi connectivity index (χ0v) is 15.6. The molecule has 144 valence electrons. The normalized spacial score (nSPS) is 23.1. The first-order valence-electron chi connectivity index (χ1n) is 9.52. The van der Waals surface area contributed by atoms with Crippen LogP contribution in [0.15, 0.2) is 24.5 Å².